The lowest BCUT2D eigenvalue weighted by Gasteiger charge is -2.28. The molecule has 2 atom stereocenters. The molecule has 3 rings (SSSR count). The Balaban J connectivity index is 0.00000208. The molecule has 2 aliphatic rings. The van der Waals surface area contributed by atoms with Crippen molar-refractivity contribution in [2.24, 2.45) is 0 Å². The van der Waals surface area contributed by atoms with Gasteiger partial charge in [-0.25, -0.2) is 0 Å². The van der Waals surface area contributed by atoms with E-state index in [4.69, 9.17) is 4.74 Å². The number of rotatable bonds is 6. The maximum absolute atomic E-state index is 12.8. The fourth-order valence-corrected chi connectivity index (χ4v) is 4.05. The molecule has 134 valence electrons. The first kappa shape index (κ1) is 19.6. The normalized spacial score (nSPS) is 23.0. The van der Waals surface area contributed by atoms with Crippen molar-refractivity contribution in [3.63, 3.8) is 0 Å². The Hall–Kier alpha value is -0.750. The number of amides is 1. The Morgan fingerprint density at radius 3 is 2.79 bits per heavy atom. The Kier molecular flexibility index (Phi) is 7.88. The molecule has 1 aromatic rings. The minimum atomic E-state index is -0.0283. The fraction of sp³-hybridized carbons (Fsp3) is 0.611. The first-order valence-corrected chi connectivity index (χ1v) is 9.65. The highest BCUT2D eigenvalue weighted by Gasteiger charge is 2.29. The van der Waals surface area contributed by atoms with Crippen molar-refractivity contribution in [3.8, 4) is 0 Å². The molecule has 4 nitrogen and oxygen atoms in total. The van der Waals surface area contributed by atoms with Crippen LogP contribution < -0.4 is 5.32 Å². The number of thioether (sulfide) groups is 1. The van der Waals surface area contributed by atoms with Crippen molar-refractivity contribution in [2.75, 3.05) is 31.3 Å². The highest BCUT2D eigenvalue weighted by molar-refractivity contribution is 7.99. The molecule has 6 heteroatoms. The highest BCUT2D eigenvalue weighted by atomic mass is 35.5. The zero-order chi connectivity index (χ0) is 16.1. The molecule has 0 radical (unpaired) electrons. The lowest BCUT2D eigenvalue weighted by molar-refractivity contribution is -0.134. The van der Waals surface area contributed by atoms with Gasteiger partial charge < -0.3 is 9.64 Å². The molecule has 0 aromatic heterocycles. The first-order valence-electron chi connectivity index (χ1n) is 8.49. The summed E-state index contributed by atoms with van der Waals surface area (Å²) in [5.74, 6) is 1.99. The number of carbonyl (C=O) groups excluding carboxylic acids is 1. The maximum atomic E-state index is 12.8. The smallest absolute Gasteiger partial charge is 0.240 e. The van der Waals surface area contributed by atoms with E-state index in [-0.39, 0.29) is 30.5 Å². The number of halogens is 1. The molecule has 1 unspecified atom stereocenters. The molecule has 0 bridgehead atoms. The Morgan fingerprint density at radius 1 is 1.38 bits per heavy atom. The van der Waals surface area contributed by atoms with Gasteiger partial charge in [0, 0.05) is 31.3 Å². The van der Waals surface area contributed by atoms with Gasteiger partial charge in [0.25, 0.3) is 0 Å². The number of benzene rings is 1. The van der Waals surface area contributed by atoms with Gasteiger partial charge in [-0.15, -0.1) is 24.2 Å². The summed E-state index contributed by atoms with van der Waals surface area (Å²) >= 11 is 1.80. The van der Waals surface area contributed by atoms with E-state index in [1.165, 1.54) is 11.1 Å². The number of hydrogen-bond acceptors (Lipinski definition) is 4. The molecule has 0 spiro atoms. The second kappa shape index (κ2) is 9.66. The third-order valence-corrected chi connectivity index (χ3v) is 5.50. The molecule has 1 amide bonds. The second-order valence-electron chi connectivity index (χ2n) is 6.43. The summed E-state index contributed by atoms with van der Waals surface area (Å²) < 4.78 is 5.74. The Labute approximate surface area is 155 Å². The summed E-state index contributed by atoms with van der Waals surface area (Å²) in [5.41, 5.74) is 2.56. The van der Waals surface area contributed by atoms with Crippen LogP contribution in [0.1, 0.15) is 24.0 Å². The van der Waals surface area contributed by atoms with E-state index < -0.39 is 0 Å². The number of hydrogen-bond donors (Lipinski definition) is 1. The SMILES string of the molecule is Cc1ccc(CCN(CC2CCCO2)C(=O)[C@H]2CSCN2)cc1.Cl. The minimum Gasteiger partial charge on any atom is -0.376 e. The molecule has 2 fully saturated rings. The number of aryl methyl sites for hydroxylation is 1. The van der Waals surface area contributed by atoms with Gasteiger partial charge >= 0.3 is 0 Å². The zero-order valence-electron chi connectivity index (χ0n) is 14.2. The van der Waals surface area contributed by atoms with Crippen LogP contribution in [-0.4, -0.2) is 54.3 Å². The van der Waals surface area contributed by atoms with Gasteiger partial charge in [-0.3, -0.25) is 10.1 Å². The zero-order valence-corrected chi connectivity index (χ0v) is 15.8. The molecule has 0 aliphatic carbocycles. The van der Waals surface area contributed by atoms with Crippen LogP contribution in [0.5, 0.6) is 0 Å². The summed E-state index contributed by atoms with van der Waals surface area (Å²) in [4.78, 5) is 14.8. The maximum Gasteiger partial charge on any atom is 0.240 e. The lowest BCUT2D eigenvalue weighted by atomic mass is 10.1. The molecular weight excluding hydrogens is 344 g/mol. The van der Waals surface area contributed by atoms with Gasteiger partial charge in [0.05, 0.1) is 12.1 Å². The van der Waals surface area contributed by atoms with E-state index in [1.54, 1.807) is 11.8 Å². The second-order valence-corrected chi connectivity index (χ2v) is 7.46. The van der Waals surface area contributed by atoms with Crippen LogP contribution >= 0.6 is 24.2 Å². The van der Waals surface area contributed by atoms with Crippen molar-refractivity contribution in [2.45, 2.75) is 38.3 Å². The van der Waals surface area contributed by atoms with Gasteiger partial charge in [-0.2, -0.15) is 0 Å². The topological polar surface area (TPSA) is 41.6 Å². The first-order chi connectivity index (χ1) is 11.2. The molecule has 24 heavy (non-hydrogen) atoms. The average molecular weight is 371 g/mol. The summed E-state index contributed by atoms with van der Waals surface area (Å²) in [5, 5.41) is 3.30. The molecule has 1 N–H and O–H groups in total. The standard InChI is InChI=1S/C18H26N2O2S.ClH/c1-14-4-6-15(7-5-14)8-9-20(11-16-3-2-10-22-16)18(21)17-12-23-13-19-17;/h4-7,16-17,19H,2-3,8-13H2,1H3;1H/t16?,17-;/m1./s1. The number of nitrogens with zero attached hydrogens (tertiary/aromatic N) is 1. The van der Waals surface area contributed by atoms with E-state index in [1.807, 2.05) is 4.90 Å². The minimum absolute atomic E-state index is 0. The summed E-state index contributed by atoms with van der Waals surface area (Å²) in [6.45, 7) is 4.43. The van der Waals surface area contributed by atoms with E-state index in [0.717, 1.165) is 50.6 Å². The van der Waals surface area contributed by atoms with Crippen molar-refractivity contribution >= 4 is 30.1 Å². The van der Waals surface area contributed by atoms with E-state index in [0.29, 0.717) is 0 Å². The van der Waals surface area contributed by atoms with Gasteiger partial charge in [-0.1, -0.05) is 29.8 Å². The molecule has 2 heterocycles. The average Bonchev–Trinajstić information content (AvgIpc) is 3.26. The predicted molar refractivity (Wildman–Crippen MR) is 102 cm³/mol. The van der Waals surface area contributed by atoms with Crippen LogP contribution in [0, 0.1) is 6.92 Å². The van der Waals surface area contributed by atoms with E-state index in [9.17, 15) is 4.79 Å². The third-order valence-electron chi connectivity index (χ3n) is 4.57. The van der Waals surface area contributed by atoms with Crippen LogP contribution in [-0.2, 0) is 16.0 Å². The number of nitrogens with one attached hydrogen (secondary N) is 1. The van der Waals surface area contributed by atoms with Gasteiger partial charge in [0.2, 0.25) is 5.91 Å². The summed E-state index contributed by atoms with van der Waals surface area (Å²) in [6, 6.07) is 8.56. The summed E-state index contributed by atoms with van der Waals surface area (Å²) in [7, 11) is 0. The van der Waals surface area contributed by atoms with Crippen LogP contribution in [0.25, 0.3) is 0 Å². The third kappa shape index (κ3) is 5.38. The van der Waals surface area contributed by atoms with Crippen LogP contribution in [0.15, 0.2) is 24.3 Å². The van der Waals surface area contributed by atoms with Crippen molar-refractivity contribution in [3.05, 3.63) is 35.4 Å². The fourth-order valence-electron chi connectivity index (χ4n) is 3.12. The molecule has 2 saturated heterocycles. The van der Waals surface area contributed by atoms with Gasteiger partial charge in [0.15, 0.2) is 0 Å². The molecule has 2 aliphatic heterocycles. The van der Waals surface area contributed by atoms with Crippen LogP contribution in [0.4, 0.5) is 0 Å². The largest absolute Gasteiger partial charge is 0.376 e. The van der Waals surface area contributed by atoms with E-state index >= 15 is 0 Å². The van der Waals surface area contributed by atoms with Crippen LogP contribution in [0.3, 0.4) is 0 Å². The van der Waals surface area contributed by atoms with Crippen molar-refractivity contribution < 1.29 is 9.53 Å². The van der Waals surface area contributed by atoms with Crippen LogP contribution in [0.2, 0.25) is 0 Å². The van der Waals surface area contributed by atoms with Gasteiger partial charge in [0.1, 0.15) is 0 Å². The molecule has 1 aromatic carbocycles. The Bertz CT molecular complexity index is 514. The Morgan fingerprint density at radius 2 is 2.17 bits per heavy atom. The number of carbonyl (C=O) groups is 1. The predicted octanol–water partition coefficient (Wildman–Crippen LogP) is 2.63. The van der Waals surface area contributed by atoms with E-state index in [2.05, 4.69) is 36.5 Å². The molecular formula is C18H27ClN2O2S. The monoisotopic (exact) mass is 370 g/mol. The molecule has 0 saturated carbocycles. The summed E-state index contributed by atoms with van der Waals surface area (Å²) in [6.07, 6.45) is 3.30. The number of ether oxygens (including phenoxy) is 1. The van der Waals surface area contributed by atoms with Gasteiger partial charge in [-0.05, 0) is 31.7 Å². The van der Waals surface area contributed by atoms with Crippen molar-refractivity contribution in [1.82, 2.24) is 10.2 Å². The quantitative estimate of drug-likeness (QED) is 0.835. The highest BCUT2D eigenvalue weighted by Crippen LogP contribution is 2.17. The van der Waals surface area contributed by atoms with Crippen molar-refractivity contribution in [1.29, 1.82) is 0 Å². The lowest BCUT2D eigenvalue weighted by Crippen LogP contribution is -2.48.